The zero-order chi connectivity index (χ0) is 23.2. The summed E-state index contributed by atoms with van der Waals surface area (Å²) in [5.41, 5.74) is 0. The van der Waals surface area contributed by atoms with Crippen LogP contribution in [-0.2, 0) is 23.9 Å². The van der Waals surface area contributed by atoms with Crippen LogP contribution in [-0.4, -0.2) is 37.1 Å². The van der Waals surface area contributed by atoms with Gasteiger partial charge < -0.3 is 14.8 Å². The molecule has 1 atom stereocenters. The van der Waals surface area contributed by atoms with Gasteiger partial charge in [0.2, 0.25) is 5.91 Å². The fraction of sp³-hybridized carbons (Fsp3) is 0.880. The minimum Gasteiger partial charge on any atom is -0.466 e. The van der Waals surface area contributed by atoms with Gasteiger partial charge in [-0.2, -0.15) is 0 Å². The van der Waals surface area contributed by atoms with Crippen LogP contribution in [0.4, 0.5) is 0 Å². The van der Waals surface area contributed by atoms with E-state index < -0.39 is 12.0 Å². The molecule has 0 aromatic rings. The molecule has 0 saturated heterocycles. The Morgan fingerprint density at radius 2 is 1.16 bits per heavy atom. The molecule has 1 N–H and O–H groups in total. The molecular weight excluding hydrogens is 394 g/mol. The summed E-state index contributed by atoms with van der Waals surface area (Å²) in [6.45, 7) is 7.00. The first-order chi connectivity index (χ1) is 15.0. The summed E-state index contributed by atoms with van der Waals surface area (Å²) in [5.74, 6) is -0.956. The molecule has 0 rings (SSSR count). The molecule has 0 spiro atoms. The van der Waals surface area contributed by atoms with Gasteiger partial charge in [-0.25, -0.2) is 4.79 Å². The van der Waals surface area contributed by atoms with E-state index in [0.717, 1.165) is 44.9 Å². The van der Waals surface area contributed by atoms with E-state index in [4.69, 9.17) is 9.47 Å². The second-order valence-corrected chi connectivity index (χ2v) is 8.33. The number of esters is 2. The molecule has 0 heterocycles. The van der Waals surface area contributed by atoms with Crippen LogP contribution in [0.3, 0.4) is 0 Å². The van der Waals surface area contributed by atoms with Crippen molar-refractivity contribution < 1.29 is 23.9 Å². The Kier molecular flexibility index (Phi) is 20.5. The quantitative estimate of drug-likeness (QED) is 0.178. The Hall–Kier alpha value is -1.59. The zero-order valence-electron chi connectivity index (χ0n) is 20.3. The zero-order valence-corrected chi connectivity index (χ0v) is 20.3. The number of carbonyl (C=O) groups excluding carboxylic acids is 3. The molecule has 0 aliphatic heterocycles. The first-order valence-corrected chi connectivity index (χ1v) is 12.7. The molecule has 0 aromatic carbocycles. The van der Waals surface area contributed by atoms with Crippen LogP contribution in [0.5, 0.6) is 0 Å². The SMILES string of the molecule is CCCCCCCCCCCC(=O)N[C@@H](CCC(=O)OCCCC)C(=O)OCCCC. The molecule has 6 heteroatoms. The number of hydrogen-bond acceptors (Lipinski definition) is 5. The highest BCUT2D eigenvalue weighted by atomic mass is 16.5. The summed E-state index contributed by atoms with van der Waals surface area (Å²) >= 11 is 0. The van der Waals surface area contributed by atoms with E-state index in [1.165, 1.54) is 38.5 Å². The van der Waals surface area contributed by atoms with Crippen LogP contribution in [0, 0.1) is 0 Å². The van der Waals surface area contributed by atoms with Crippen molar-refractivity contribution in [3.63, 3.8) is 0 Å². The lowest BCUT2D eigenvalue weighted by atomic mass is 10.1. The molecule has 0 aliphatic carbocycles. The summed E-state index contributed by atoms with van der Waals surface area (Å²) in [5, 5.41) is 2.77. The maximum atomic E-state index is 12.4. The van der Waals surface area contributed by atoms with E-state index in [2.05, 4.69) is 12.2 Å². The third-order valence-corrected chi connectivity index (χ3v) is 5.27. The van der Waals surface area contributed by atoms with Crippen LogP contribution >= 0.6 is 0 Å². The largest absolute Gasteiger partial charge is 0.466 e. The van der Waals surface area contributed by atoms with Crippen LogP contribution in [0.1, 0.15) is 124 Å². The Labute approximate surface area is 190 Å². The van der Waals surface area contributed by atoms with Crippen molar-refractivity contribution in [2.45, 2.75) is 130 Å². The van der Waals surface area contributed by atoms with Gasteiger partial charge in [0, 0.05) is 12.8 Å². The summed E-state index contributed by atoms with van der Waals surface area (Å²) in [4.78, 5) is 36.5. The van der Waals surface area contributed by atoms with Crippen LogP contribution in [0.15, 0.2) is 0 Å². The van der Waals surface area contributed by atoms with Crippen LogP contribution in [0.25, 0.3) is 0 Å². The molecule has 0 radical (unpaired) electrons. The van der Waals surface area contributed by atoms with Gasteiger partial charge >= 0.3 is 11.9 Å². The molecule has 0 unspecified atom stereocenters. The van der Waals surface area contributed by atoms with Gasteiger partial charge in [-0.15, -0.1) is 0 Å². The Balaban J connectivity index is 4.23. The lowest BCUT2D eigenvalue weighted by Crippen LogP contribution is -2.42. The van der Waals surface area contributed by atoms with E-state index >= 15 is 0 Å². The maximum absolute atomic E-state index is 12.4. The fourth-order valence-electron chi connectivity index (χ4n) is 3.19. The molecule has 0 bridgehead atoms. The predicted molar refractivity (Wildman–Crippen MR) is 125 cm³/mol. The molecule has 0 aromatic heterocycles. The lowest BCUT2D eigenvalue weighted by molar-refractivity contribution is -0.149. The lowest BCUT2D eigenvalue weighted by Gasteiger charge is -2.17. The summed E-state index contributed by atoms with van der Waals surface area (Å²) in [6.07, 6.45) is 14.9. The predicted octanol–water partition coefficient (Wildman–Crippen LogP) is 5.86. The molecule has 6 nitrogen and oxygen atoms in total. The smallest absolute Gasteiger partial charge is 0.328 e. The van der Waals surface area contributed by atoms with Crippen molar-refractivity contribution in [1.82, 2.24) is 5.32 Å². The molecule has 0 aliphatic rings. The molecular formula is C25H47NO5. The molecule has 182 valence electrons. The van der Waals surface area contributed by atoms with Gasteiger partial charge in [0.25, 0.3) is 0 Å². The molecule has 0 fully saturated rings. The van der Waals surface area contributed by atoms with Gasteiger partial charge in [0.05, 0.1) is 13.2 Å². The number of carbonyl (C=O) groups is 3. The number of ether oxygens (including phenoxy) is 2. The molecule has 1 amide bonds. The van der Waals surface area contributed by atoms with Gasteiger partial charge in [0.15, 0.2) is 0 Å². The van der Waals surface area contributed by atoms with Crippen LogP contribution < -0.4 is 5.32 Å². The minimum absolute atomic E-state index is 0.0928. The number of rotatable bonds is 21. The third-order valence-electron chi connectivity index (χ3n) is 5.27. The van der Waals surface area contributed by atoms with Gasteiger partial charge in [-0.05, 0) is 25.7 Å². The van der Waals surface area contributed by atoms with Gasteiger partial charge in [-0.3, -0.25) is 9.59 Å². The number of hydrogen-bond donors (Lipinski definition) is 1. The van der Waals surface area contributed by atoms with Crippen molar-refractivity contribution in [1.29, 1.82) is 0 Å². The third kappa shape index (κ3) is 18.9. The standard InChI is InChI=1S/C25H47NO5/c1-4-7-10-11-12-13-14-15-16-17-23(27)26-22(25(29)31-21-9-6-3)18-19-24(28)30-20-8-5-2/h22H,4-21H2,1-3H3,(H,26,27)/t22-/m0/s1. The molecule has 0 saturated carbocycles. The Morgan fingerprint density at radius 1 is 0.645 bits per heavy atom. The van der Waals surface area contributed by atoms with Gasteiger partial charge in [-0.1, -0.05) is 85.0 Å². The van der Waals surface area contributed by atoms with E-state index in [9.17, 15) is 14.4 Å². The highest BCUT2D eigenvalue weighted by Gasteiger charge is 2.23. The average molecular weight is 442 g/mol. The molecule has 31 heavy (non-hydrogen) atoms. The maximum Gasteiger partial charge on any atom is 0.328 e. The normalized spacial score (nSPS) is 11.7. The minimum atomic E-state index is -0.790. The van der Waals surface area contributed by atoms with E-state index in [1.807, 2.05) is 13.8 Å². The number of unbranched alkanes of at least 4 members (excludes halogenated alkanes) is 10. The van der Waals surface area contributed by atoms with E-state index in [-0.39, 0.29) is 24.7 Å². The number of amides is 1. The number of nitrogens with one attached hydrogen (secondary N) is 1. The van der Waals surface area contributed by atoms with Crippen LogP contribution in [0.2, 0.25) is 0 Å². The second-order valence-electron chi connectivity index (χ2n) is 8.33. The average Bonchev–Trinajstić information content (AvgIpc) is 2.75. The van der Waals surface area contributed by atoms with Gasteiger partial charge in [0.1, 0.15) is 6.04 Å². The highest BCUT2D eigenvalue weighted by molar-refractivity contribution is 5.84. The van der Waals surface area contributed by atoms with Crippen molar-refractivity contribution in [3.05, 3.63) is 0 Å². The highest BCUT2D eigenvalue weighted by Crippen LogP contribution is 2.11. The monoisotopic (exact) mass is 441 g/mol. The fourth-order valence-corrected chi connectivity index (χ4v) is 3.19. The topological polar surface area (TPSA) is 81.7 Å². The van der Waals surface area contributed by atoms with Crippen molar-refractivity contribution in [2.24, 2.45) is 0 Å². The second kappa shape index (κ2) is 21.6. The van der Waals surface area contributed by atoms with E-state index in [1.54, 1.807) is 0 Å². The van der Waals surface area contributed by atoms with Crippen molar-refractivity contribution in [3.8, 4) is 0 Å². The Morgan fingerprint density at radius 3 is 1.74 bits per heavy atom. The van der Waals surface area contributed by atoms with Crippen molar-refractivity contribution >= 4 is 17.8 Å². The Bertz CT molecular complexity index is 467. The van der Waals surface area contributed by atoms with Crippen molar-refractivity contribution in [2.75, 3.05) is 13.2 Å². The summed E-state index contributed by atoms with van der Waals surface area (Å²) < 4.78 is 10.4. The van der Waals surface area contributed by atoms with E-state index in [0.29, 0.717) is 19.6 Å². The first-order valence-electron chi connectivity index (χ1n) is 12.7. The first kappa shape index (κ1) is 29.4. The summed E-state index contributed by atoms with van der Waals surface area (Å²) in [6, 6.07) is -0.790. The summed E-state index contributed by atoms with van der Waals surface area (Å²) in [7, 11) is 0.